The van der Waals surface area contributed by atoms with E-state index >= 15 is 0 Å². The van der Waals surface area contributed by atoms with Crippen molar-refractivity contribution in [3.63, 3.8) is 0 Å². The summed E-state index contributed by atoms with van der Waals surface area (Å²) in [6, 6.07) is 0. The van der Waals surface area contributed by atoms with Crippen LogP contribution < -0.4 is 0 Å². The highest BCUT2D eigenvalue weighted by atomic mass is 16.6. The summed E-state index contributed by atoms with van der Waals surface area (Å²) in [5.74, 6) is -0.934. The number of unbranched alkanes of at least 4 members (excludes halogenated alkanes) is 24. The summed E-state index contributed by atoms with van der Waals surface area (Å²) < 4.78 is 16.9. The lowest BCUT2D eigenvalue weighted by Crippen LogP contribution is -2.30. The van der Waals surface area contributed by atoms with Crippen LogP contribution >= 0.6 is 0 Å². The Balaban J connectivity index is 4.44. The molecule has 0 aliphatic heterocycles. The number of rotatable bonds is 53. The van der Waals surface area contributed by atoms with Gasteiger partial charge in [-0.25, -0.2) is 0 Å². The molecule has 0 fully saturated rings. The van der Waals surface area contributed by atoms with Crippen LogP contribution in [0.15, 0.2) is 109 Å². The van der Waals surface area contributed by atoms with E-state index in [1.165, 1.54) is 103 Å². The van der Waals surface area contributed by atoms with Gasteiger partial charge in [-0.2, -0.15) is 0 Å². The fourth-order valence-corrected chi connectivity index (χ4v) is 8.00. The van der Waals surface area contributed by atoms with Crippen molar-refractivity contribution >= 4 is 17.9 Å². The van der Waals surface area contributed by atoms with Crippen LogP contribution in [0.1, 0.15) is 271 Å². The standard InChI is InChI=1S/C66H110O6/c1-4-7-10-13-16-19-22-25-27-29-31-32-33-34-35-37-38-41-44-47-50-53-56-59-65(68)71-62-63(61-70-64(67)58-55-52-49-46-43-40-24-21-18-15-12-9-6-3)72-66(69)60-57-54-51-48-45-42-39-36-30-28-26-23-20-17-14-11-8-5-2/h7,10,16,19-21,23-25,27-28,30-32,34-35,38,41,63H,4-6,8-9,11-15,17-18,22,26,29,33,36-37,39-40,42-62H2,1-3H3/b10-7-,19-16-,23-20-,24-21-,27-25-,30-28-,32-31-,35-34-,41-38-. The Hall–Kier alpha value is -3.93. The normalized spacial score (nSPS) is 12.9. The zero-order valence-electron chi connectivity index (χ0n) is 46.9. The molecule has 0 aliphatic rings. The molecule has 0 amide bonds. The zero-order chi connectivity index (χ0) is 52.2. The summed E-state index contributed by atoms with van der Waals surface area (Å²) in [7, 11) is 0. The molecular weight excluding hydrogens is 889 g/mol. The average Bonchev–Trinajstić information content (AvgIpc) is 3.38. The molecule has 1 atom stereocenters. The van der Waals surface area contributed by atoms with E-state index in [0.29, 0.717) is 19.3 Å². The van der Waals surface area contributed by atoms with Crippen LogP contribution in [0.5, 0.6) is 0 Å². The van der Waals surface area contributed by atoms with Crippen molar-refractivity contribution in [2.45, 2.75) is 277 Å². The molecule has 0 bridgehead atoms. The van der Waals surface area contributed by atoms with Crippen LogP contribution in [0.2, 0.25) is 0 Å². The van der Waals surface area contributed by atoms with E-state index in [9.17, 15) is 14.4 Å². The van der Waals surface area contributed by atoms with E-state index in [1.807, 2.05) is 0 Å². The van der Waals surface area contributed by atoms with E-state index in [4.69, 9.17) is 14.2 Å². The monoisotopic (exact) mass is 999 g/mol. The summed E-state index contributed by atoms with van der Waals surface area (Å²) in [5.41, 5.74) is 0. The largest absolute Gasteiger partial charge is 0.462 e. The van der Waals surface area contributed by atoms with Gasteiger partial charge in [-0.05, 0) is 128 Å². The molecule has 410 valence electrons. The second-order valence-electron chi connectivity index (χ2n) is 19.5. The van der Waals surface area contributed by atoms with Gasteiger partial charge < -0.3 is 14.2 Å². The maximum atomic E-state index is 12.9. The minimum Gasteiger partial charge on any atom is -0.462 e. The van der Waals surface area contributed by atoms with Crippen LogP contribution in [0.25, 0.3) is 0 Å². The lowest BCUT2D eigenvalue weighted by atomic mass is 10.1. The van der Waals surface area contributed by atoms with Gasteiger partial charge in [0.1, 0.15) is 13.2 Å². The molecule has 0 rings (SSSR count). The quantitative estimate of drug-likeness (QED) is 0.0261. The highest BCUT2D eigenvalue weighted by Crippen LogP contribution is 2.14. The third-order valence-corrected chi connectivity index (χ3v) is 12.5. The van der Waals surface area contributed by atoms with Gasteiger partial charge in [0.05, 0.1) is 0 Å². The SMILES string of the molecule is CC/C=C\C/C=C\C/C=C\C/C=C\C/C=C\C/C=C\CCCCCCC(=O)OCC(COC(=O)CCCCCCC/C=C\CCCCCC)OC(=O)CCCCCCCCC/C=C\C/C=C\CCCCCC. The molecule has 6 nitrogen and oxygen atoms in total. The van der Waals surface area contributed by atoms with Gasteiger partial charge in [0.15, 0.2) is 6.10 Å². The number of hydrogen-bond acceptors (Lipinski definition) is 6. The minimum absolute atomic E-state index is 0.0950. The predicted octanol–water partition coefficient (Wildman–Crippen LogP) is 20.3. The molecule has 1 unspecified atom stereocenters. The van der Waals surface area contributed by atoms with Crippen molar-refractivity contribution in [2.75, 3.05) is 13.2 Å². The van der Waals surface area contributed by atoms with Gasteiger partial charge in [-0.1, -0.05) is 233 Å². The average molecular weight is 1000 g/mol. The second kappa shape index (κ2) is 59.6. The summed E-state index contributed by atoms with van der Waals surface area (Å²) in [6.07, 6.45) is 80.7. The molecule has 0 heterocycles. The molecule has 0 radical (unpaired) electrons. The number of carbonyl (C=O) groups is 3. The Bertz CT molecular complexity index is 1470. The van der Waals surface area contributed by atoms with Gasteiger partial charge in [0.2, 0.25) is 0 Å². The summed E-state index contributed by atoms with van der Waals surface area (Å²) in [5, 5.41) is 0. The van der Waals surface area contributed by atoms with E-state index in [2.05, 4.69) is 130 Å². The summed E-state index contributed by atoms with van der Waals surface area (Å²) in [4.78, 5) is 38.2. The Morgan fingerprint density at radius 2 is 0.542 bits per heavy atom. The zero-order valence-corrected chi connectivity index (χ0v) is 46.9. The third-order valence-electron chi connectivity index (χ3n) is 12.5. The molecule has 72 heavy (non-hydrogen) atoms. The van der Waals surface area contributed by atoms with Gasteiger partial charge >= 0.3 is 17.9 Å². The Morgan fingerprint density at radius 3 is 0.861 bits per heavy atom. The highest BCUT2D eigenvalue weighted by Gasteiger charge is 2.19. The van der Waals surface area contributed by atoms with Crippen LogP contribution in [-0.4, -0.2) is 37.2 Å². The number of ether oxygens (including phenoxy) is 3. The first-order valence-corrected chi connectivity index (χ1v) is 29.9. The Morgan fingerprint density at radius 1 is 0.292 bits per heavy atom. The minimum atomic E-state index is -0.799. The molecule has 0 N–H and O–H groups in total. The highest BCUT2D eigenvalue weighted by molar-refractivity contribution is 5.71. The fourth-order valence-electron chi connectivity index (χ4n) is 8.00. The van der Waals surface area contributed by atoms with E-state index in [-0.39, 0.29) is 31.1 Å². The van der Waals surface area contributed by atoms with Gasteiger partial charge in [-0.15, -0.1) is 0 Å². The van der Waals surface area contributed by atoms with Gasteiger partial charge in [-0.3, -0.25) is 14.4 Å². The van der Waals surface area contributed by atoms with E-state index in [1.54, 1.807) is 0 Å². The maximum Gasteiger partial charge on any atom is 0.306 e. The first-order chi connectivity index (χ1) is 35.5. The Labute approximate surface area is 444 Å². The third kappa shape index (κ3) is 57.0. The van der Waals surface area contributed by atoms with Crippen LogP contribution in [0, 0.1) is 0 Å². The van der Waals surface area contributed by atoms with Gasteiger partial charge in [0.25, 0.3) is 0 Å². The predicted molar refractivity (Wildman–Crippen MR) is 311 cm³/mol. The van der Waals surface area contributed by atoms with Crippen molar-refractivity contribution in [3.8, 4) is 0 Å². The van der Waals surface area contributed by atoms with Crippen molar-refractivity contribution in [1.29, 1.82) is 0 Å². The molecular formula is C66H110O6. The molecule has 0 aromatic rings. The lowest BCUT2D eigenvalue weighted by Gasteiger charge is -2.18. The first kappa shape index (κ1) is 68.1. The number of esters is 3. The van der Waals surface area contributed by atoms with Gasteiger partial charge in [0, 0.05) is 19.3 Å². The van der Waals surface area contributed by atoms with E-state index < -0.39 is 6.10 Å². The fraction of sp³-hybridized carbons (Fsp3) is 0.682. The summed E-state index contributed by atoms with van der Waals surface area (Å²) in [6.45, 7) is 6.46. The van der Waals surface area contributed by atoms with Crippen molar-refractivity contribution < 1.29 is 28.6 Å². The molecule has 0 aliphatic carbocycles. The number of carbonyl (C=O) groups excluding carboxylic acids is 3. The van der Waals surface area contributed by atoms with Crippen LogP contribution in [-0.2, 0) is 28.6 Å². The molecule has 0 spiro atoms. The smallest absolute Gasteiger partial charge is 0.306 e. The Kier molecular flexibility index (Phi) is 56.4. The second-order valence-corrected chi connectivity index (χ2v) is 19.5. The molecule has 6 heteroatoms. The first-order valence-electron chi connectivity index (χ1n) is 29.9. The number of hydrogen-bond donors (Lipinski definition) is 0. The topological polar surface area (TPSA) is 78.9 Å². The molecule has 0 aromatic heterocycles. The van der Waals surface area contributed by atoms with Crippen LogP contribution in [0.3, 0.4) is 0 Å². The summed E-state index contributed by atoms with van der Waals surface area (Å²) >= 11 is 0. The van der Waals surface area contributed by atoms with E-state index in [0.717, 1.165) is 128 Å². The van der Waals surface area contributed by atoms with Crippen molar-refractivity contribution in [1.82, 2.24) is 0 Å². The van der Waals surface area contributed by atoms with Crippen molar-refractivity contribution in [2.24, 2.45) is 0 Å². The number of allylic oxidation sites excluding steroid dienone is 18. The van der Waals surface area contributed by atoms with Crippen molar-refractivity contribution in [3.05, 3.63) is 109 Å². The molecule has 0 saturated carbocycles. The lowest BCUT2D eigenvalue weighted by molar-refractivity contribution is -0.167. The molecule has 0 aromatic carbocycles. The maximum absolute atomic E-state index is 12.9. The molecule has 0 saturated heterocycles. The van der Waals surface area contributed by atoms with Crippen LogP contribution in [0.4, 0.5) is 0 Å².